The second-order valence-electron chi connectivity index (χ2n) is 9.41. The Labute approximate surface area is 244 Å². The molecule has 0 aliphatic carbocycles. The van der Waals surface area contributed by atoms with Crippen molar-refractivity contribution in [1.29, 1.82) is 0 Å². The van der Waals surface area contributed by atoms with Crippen LogP contribution in [-0.2, 0) is 4.79 Å². The molecule has 0 radical (unpaired) electrons. The number of fused-ring (bicyclic) bond motifs is 1. The minimum atomic E-state index is -0.312. The Kier molecular flexibility index (Phi) is 6.30. The molecule has 9 heteroatoms. The number of nitrogens with one attached hydrogen (secondary N) is 1. The van der Waals surface area contributed by atoms with Crippen molar-refractivity contribution in [1.82, 2.24) is 4.57 Å². The lowest BCUT2D eigenvalue weighted by Gasteiger charge is -2.11. The predicted molar refractivity (Wildman–Crippen MR) is 168 cm³/mol. The summed E-state index contributed by atoms with van der Waals surface area (Å²) in [4.78, 5) is 31.6. The summed E-state index contributed by atoms with van der Waals surface area (Å²) in [6.45, 7) is 0. The Bertz CT molecular complexity index is 2000. The van der Waals surface area contributed by atoms with E-state index < -0.39 is 0 Å². The number of hydrogen-bond donors (Lipinski definition) is 1. The third kappa shape index (κ3) is 4.35. The highest BCUT2D eigenvalue weighted by Gasteiger charge is 2.35. The van der Waals surface area contributed by atoms with Gasteiger partial charge in [-0.3, -0.25) is 14.2 Å². The molecule has 200 valence electrons. The second-order valence-corrected chi connectivity index (χ2v) is 11.4. The Hall–Kier alpha value is -4.86. The third-order valence-electron chi connectivity index (χ3n) is 6.84. The van der Waals surface area contributed by atoms with Gasteiger partial charge in [-0.25, -0.2) is 0 Å². The molecule has 0 spiro atoms. The molecule has 0 bridgehead atoms. The summed E-state index contributed by atoms with van der Waals surface area (Å²) >= 11 is 2.87. The highest BCUT2D eigenvalue weighted by atomic mass is 32.2. The van der Waals surface area contributed by atoms with Crippen LogP contribution in [0.15, 0.2) is 130 Å². The lowest BCUT2D eigenvalue weighted by Crippen LogP contribution is -2.35. The number of hydrogen-bond acceptors (Lipinski definition) is 7. The molecule has 1 N–H and O–H groups in total. The van der Waals surface area contributed by atoms with Gasteiger partial charge in [0.25, 0.3) is 11.5 Å². The second kappa shape index (κ2) is 10.3. The van der Waals surface area contributed by atoms with Crippen LogP contribution in [-0.4, -0.2) is 23.4 Å². The zero-order valence-corrected chi connectivity index (χ0v) is 23.5. The van der Waals surface area contributed by atoms with Gasteiger partial charge in [-0.2, -0.15) is 5.01 Å². The molecule has 0 saturated carbocycles. The monoisotopic (exact) mass is 573 g/mol. The molecule has 0 atom stereocenters. The van der Waals surface area contributed by atoms with E-state index in [0.717, 1.165) is 21.3 Å². The molecule has 5 aromatic rings. The molecule has 2 aliphatic rings. The fourth-order valence-corrected chi connectivity index (χ4v) is 7.37. The van der Waals surface area contributed by atoms with Crippen LogP contribution in [0, 0.1) is 0 Å². The molecular weight excluding hydrogens is 551 g/mol. The van der Waals surface area contributed by atoms with E-state index >= 15 is 0 Å². The van der Waals surface area contributed by atoms with Crippen LogP contribution in [0.4, 0.5) is 17.1 Å². The van der Waals surface area contributed by atoms with Crippen LogP contribution in [0.25, 0.3) is 16.3 Å². The molecule has 7 rings (SSSR count). The summed E-state index contributed by atoms with van der Waals surface area (Å²) in [5, 5.41) is 10.3. The number of nitrogens with zero attached hydrogens (tertiary/aromatic N) is 4. The van der Waals surface area contributed by atoms with E-state index in [1.54, 1.807) is 16.3 Å². The zero-order valence-electron chi connectivity index (χ0n) is 21.9. The van der Waals surface area contributed by atoms with Crippen molar-refractivity contribution < 1.29 is 4.79 Å². The van der Waals surface area contributed by atoms with Crippen LogP contribution >= 0.6 is 23.1 Å². The standard InChI is InChI=1S/C32H23N5O2S2/c1-35-24-19-11-12-20-25(24)40-32(35)27-30(39)36(22-15-7-3-8-16-22)31(41-27)26-28(33-21-13-5-2-6-14-21)34-37(29(26)38)23-17-9-4-10-18-23/h2-20H,1H3,(H,33,34)/b31-26-,32-27-. The number of thiazole rings is 1. The van der Waals surface area contributed by atoms with E-state index in [9.17, 15) is 9.59 Å². The number of amidine groups is 1. The van der Waals surface area contributed by atoms with Gasteiger partial charge in [-0.1, -0.05) is 78.5 Å². The zero-order chi connectivity index (χ0) is 27.9. The topological polar surface area (TPSA) is 69.9 Å². The highest BCUT2D eigenvalue weighted by molar-refractivity contribution is 8.08. The van der Waals surface area contributed by atoms with Crippen molar-refractivity contribution in [3.63, 3.8) is 0 Å². The maximum Gasteiger partial charge on any atom is 0.285 e. The first-order valence-electron chi connectivity index (χ1n) is 13.0. The first-order chi connectivity index (χ1) is 20.1. The molecule has 1 amide bonds. The van der Waals surface area contributed by atoms with E-state index in [2.05, 4.69) is 11.4 Å². The van der Waals surface area contributed by atoms with Crippen LogP contribution in [0.5, 0.6) is 0 Å². The minimum absolute atomic E-state index is 0.184. The summed E-state index contributed by atoms with van der Waals surface area (Å²) in [6, 6.07) is 36.4. The van der Waals surface area contributed by atoms with Gasteiger partial charge in [0.05, 0.1) is 17.1 Å². The van der Waals surface area contributed by atoms with Crippen molar-refractivity contribution in [3.8, 4) is 5.69 Å². The van der Waals surface area contributed by atoms with Gasteiger partial charge in [-0.15, -0.1) is 16.4 Å². The first-order valence-corrected chi connectivity index (χ1v) is 14.6. The van der Waals surface area contributed by atoms with E-state index in [1.807, 2.05) is 121 Å². The number of aromatic nitrogens is 1. The largest absolute Gasteiger partial charge is 0.338 e. The number of carbonyl (C=O) groups excluding carboxylic acids is 1. The number of carbonyl (C=O) groups is 1. The predicted octanol–water partition coefficient (Wildman–Crippen LogP) is 4.83. The van der Waals surface area contributed by atoms with Crippen molar-refractivity contribution in [3.05, 3.63) is 135 Å². The molecule has 0 unspecified atom stereocenters. The number of rotatable bonds is 3. The summed E-state index contributed by atoms with van der Waals surface area (Å²) in [5.41, 5.74) is 3.29. The Morgan fingerprint density at radius 3 is 2.02 bits per heavy atom. The molecule has 0 fully saturated rings. The molecule has 0 saturated heterocycles. The van der Waals surface area contributed by atoms with Gasteiger partial charge in [0.15, 0.2) is 5.84 Å². The van der Waals surface area contributed by atoms with Crippen LogP contribution < -0.4 is 30.0 Å². The van der Waals surface area contributed by atoms with Gasteiger partial charge < -0.3 is 10.2 Å². The number of para-hydroxylation sites is 4. The number of benzene rings is 4. The number of anilines is 3. The van der Waals surface area contributed by atoms with E-state index in [-0.39, 0.29) is 11.5 Å². The van der Waals surface area contributed by atoms with Crippen molar-refractivity contribution >= 4 is 62.5 Å². The highest BCUT2D eigenvalue weighted by Crippen LogP contribution is 2.45. The van der Waals surface area contributed by atoms with E-state index in [1.165, 1.54) is 16.3 Å². The average Bonchev–Trinajstić information content (AvgIpc) is 3.64. The minimum Gasteiger partial charge on any atom is -0.338 e. The fraction of sp³-hybridized carbons (Fsp3) is 0.0312. The van der Waals surface area contributed by atoms with E-state index in [4.69, 9.17) is 5.10 Å². The molecular formula is C32H23N5O2S2. The number of amides is 1. The van der Waals surface area contributed by atoms with Crippen LogP contribution in [0.2, 0.25) is 0 Å². The first kappa shape index (κ1) is 25.1. The quantitative estimate of drug-likeness (QED) is 0.335. The molecule has 1 aromatic heterocycles. The van der Waals surface area contributed by atoms with E-state index in [0.29, 0.717) is 32.0 Å². The van der Waals surface area contributed by atoms with Crippen molar-refractivity contribution in [2.24, 2.45) is 5.10 Å². The van der Waals surface area contributed by atoms with Gasteiger partial charge in [0, 0.05) is 17.6 Å². The summed E-state index contributed by atoms with van der Waals surface area (Å²) in [6.07, 6.45) is 0. The maximum atomic E-state index is 14.3. The Morgan fingerprint density at radius 1 is 0.732 bits per heavy atom. The Balaban J connectivity index is 1.52. The van der Waals surface area contributed by atoms with Gasteiger partial charge in [0.1, 0.15) is 19.8 Å². The summed E-state index contributed by atoms with van der Waals surface area (Å²) < 4.78 is 2.71. The lowest BCUT2D eigenvalue weighted by atomic mass is 10.2. The van der Waals surface area contributed by atoms with Crippen LogP contribution in [0.1, 0.15) is 0 Å². The van der Waals surface area contributed by atoms with Crippen LogP contribution in [0.3, 0.4) is 0 Å². The summed E-state index contributed by atoms with van der Waals surface area (Å²) in [5.74, 6) is 0.0658. The average molecular weight is 574 g/mol. The molecule has 4 aromatic carbocycles. The molecule has 2 aliphatic heterocycles. The smallest absolute Gasteiger partial charge is 0.285 e. The van der Waals surface area contributed by atoms with Gasteiger partial charge >= 0.3 is 0 Å². The Morgan fingerprint density at radius 2 is 1.34 bits per heavy atom. The SMILES string of the molecule is CN1/C(=c2/s/c(=C3\C(=O)N(c4ccccc4)N=C3Nc3ccccc3)n(-c3ccccc3)c2=O)Sc2ccccc21. The summed E-state index contributed by atoms with van der Waals surface area (Å²) in [7, 11) is 1.97. The van der Waals surface area contributed by atoms with Gasteiger partial charge in [0.2, 0.25) is 0 Å². The van der Waals surface area contributed by atoms with Crippen molar-refractivity contribution in [2.75, 3.05) is 22.3 Å². The molecule has 3 heterocycles. The normalized spacial score (nSPS) is 17.1. The fourth-order valence-electron chi connectivity index (χ4n) is 4.88. The number of thioether (sulfide) groups is 1. The molecule has 7 nitrogen and oxygen atoms in total. The number of hydrazone groups is 1. The van der Waals surface area contributed by atoms with Gasteiger partial charge in [-0.05, 0) is 48.5 Å². The van der Waals surface area contributed by atoms with Crippen molar-refractivity contribution in [2.45, 2.75) is 4.90 Å². The third-order valence-corrected chi connectivity index (χ3v) is 9.36. The lowest BCUT2D eigenvalue weighted by molar-refractivity contribution is -0.112. The molecule has 41 heavy (non-hydrogen) atoms. The maximum absolute atomic E-state index is 14.3.